The maximum atomic E-state index is 11.9. The fourth-order valence-corrected chi connectivity index (χ4v) is 2.06. The van der Waals surface area contributed by atoms with Crippen molar-refractivity contribution in [3.8, 4) is 0 Å². The Hall–Kier alpha value is -1.61. The van der Waals surface area contributed by atoms with E-state index in [1.807, 2.05) is 25.7 Å². The predicted molar refractivity (Wildman–Crippen MR) is 68.2 cm³/mol. The maximum Gasteiger partial charge on any atom is 0.411 e. The van der Waals surface area contributed by atoms with Crippen LogP contribution in [0.25, 0.3) is 0 Å². The largest absolute Gasteiger partial charge is 0.444 e. The van der Waals surface area contributed by atoms with Crippen LogP contribution in [0, 0.1) is 5.92 Å². The van der Waals surface area contributed by atoms with Crippen molar-refractivity contribution in [1.82, 2.24) is 4.90 Å². The van der Waals surface area contributed by atoms with Gasteiger partial charge in [-0.2, -0.15) is 9.59 Å². The second-order valence-corrected chi connectivity index (χ2v) is 5.95. The summed E-state index contributed by atoms with van der Waals surface area (Å²) in [4.78, 5) is 30.0. The topological polar surface area (TPSA) is 63.7 Å². The number of rotatable bonds is 1. The third-order valence-electron chi connectivity index (χ3n) is 3.03. The molecule has 0 radical (unpaired) electrons. The van der Waals surface area contributed by atoms with Crippen LogP contribution >= 0.6 is 0 Å². The average molecular weight is 267 g/mol. The SMILES string of the molecule is C[C@@H]1C=C(C2CC2)CN1C(=O)OC(C)(C)C.O=C=O. The molecule has 1 fully saturated rings. The van der Waals surface area contributed by atoms with E-state index in [2.05, 4.69) is 13.0 Å². The summed E-state index contributed by atoms with van der Waals surface area (Å²) in [6.45, 7) is 8.53. The van der Waals surface area contributed by atoms with Gasteiger partial charge in [0, 0.05) is 6.54 Å². The van der Waals surface area contributed by atoms with E-state index < -0.39 is 5.60 Å². The van der Waals surface area contributed by atoms with E-state index in [0.717, 1.165) is 12.5 Å². The molecule has 1 saturated carbocycles. The lowest BCUT2D eigenvalue weighted by Crippen LogP contribution is -2.39. The highest BCUT2D eigenvalue weighted by Gasteiger charge is 2.35. The molecule has 0 N–H and O–H groups in total. The van der Waals surface area contributed by atoms with Gasteiger partial charge in [-0.3, -0.25) is 4.90 Å². The molecule has 0 aromatic carbocycles. The van der Waals surface area contributed by atoms with Crippen molar-refractivity contribution in [2.45, 2.75) is 52.2 Å². The molecule has 5 nitrogen and oxygen atoms in total. The first-order chi connectivity index (χ1) is 8.78. The summed E-state index contributed by atoms with van der Waals surface area (Å²) in [5.41, 5.74) is 1.03. The third-order valence-corrected chi connectivity index (χ3v) is 3.03. The molecule has 1 aliphatic heterocycles. The van der Waals surface area contributed by atoms with E-state index in [9.17, 15) is 4.79 Å². The molecule has 0 aromatic rings. The van der Waals surface area contributed by atoms with Gasteiger partial charge in [0.05, 0.1) is 6.04 Å². The van der Waals surface area contributed by atoms with Crippen molar-refractivity contribution < 1.29 is 19.1 Å². The number of amides is 1. The number of hydrogen-bond donors (Lipinski definition) is 0. The van der Waals surface area contributed by atoms with E-state index in [1.54, 1.807) is 0 Å². The van der Waals surface area contributed by atoms with Gasteiger partial charge in [-0.15, -0.1) is 0 Å². The van der Waals surface area contributed by atoms with Crippen LogP contribution < -0.4 is 0 Å². The summed E-state index contributed by atoms with van der Waals surface area (Å²) in [5, 5.41) is 0. The molecule has 0 aromatic heterocycles. The molecule has 1 atom stereocenters. The highest BCUT2D eigenvalue weighted by molar-refractivity contribution is 5.70. The Kier molecular flexibility index (Phi) is 4.90. The van der Waals surface area contributed by atoms with Crippen LogP contribution in [0.5, 0.6) is 0 Å². The van der Waals surface area contributed by atoms with Crippen molar-refractivity contribution in [1.29, 1.82) is 0 Å². The van der Waals surface area contributed by atoms with Crippen molar-refractivity contribution >= 4 is 12.2 Å². The molecule has 5 heteroatoms. The molecule has 1 heterocycles. The van der Waals surface area contributed by atoms with Crippen molar-refractivity contribution in [2.24, 2.45) is 5.92 Å². The number of nitrogens with zero attached hydrogens (tertiary/aromatic N) is 1. The zero-order valence-electron chi connectivity index (χ0n) is 11.9. The number of carbonyl (C=O) groups is 1. The Labute approximate surface area is 113 Å². The predicted octanol–water partition coefficient (Wildman–Crippen LogP) is 2.38. The smallest absolute Gasteiger partial charge is 0.411 e. The summed E-state index contributed by atoms with van der Waals surface area (Å²) in [6, 6.07) is 0.186. The molecule has 0 unspecified atom stereocenters. The van der Waals surface area contributed by atoms with Crippen molar-refractivity contribution in [2.75, 3.05) is 6.54 Å². The lowest BCUT2D eigenvalue weighted by Gasteiger charge is -2.27. The Balaban J connectivity index is 0.000000550. The first-order valence-corrected chi connectivity index (χ1v) is 6.48. The van der Waals surface area contributed by atoms with Crippen LogP contribution in [0.3, 0.4) is 0 Å². The molecule has 0 spiro atoms. The van der Waals surface area contributed by atoms with Crippen LogP contribution in [0.4, 0.5) is 4.79 Å². The lowest BCUT2D eigenvalue weighted by atomic mass is 10.2. The van der Waals surface area contributed by atoms with E-state index in [-0.39, 0.29) is 18.3 Å². The van der Waals surface area contributed by atoms with E-state index >= 15 is 0 Å². The minimum Gasteiger partial charge on any atom is -0.444 e. The summed E-state index contributed by atoms with van der Waals surface area (Å²) in [7, 11) is 0. The number of carbonyl (C=O) groups excluding carboxylic acids is 3. The fourth-order valence-electron chi connectivity index (χ4n) is 2.06. The molecule has 106 valence electrons. The fraction of sp³-hybridized carbons (Fsp3) is 0.714. The minimum absolute atomic E-state index is 0.186. The minimum atomic E-state index is -0.404. The van der Waals surface area contributed by atoms with E-state index in [4.69, 9.17) is 14.3 Å². The zero-order chi connectivity index (χ0) is 14.6. The Morgan fingerprint density at radius 1 is 1.37 bits per heavy atom. The summed E-state index contributed by atoms with van der Waals surface area (Å²) in [5.74, 6) is 0.745. The first kappa shape index (κ1) is 15.4. The normalized spacial score (nSPS) is 22.0. The number of hydrogen-bond acceptors (Lipinski definition) is 4. The van der Waals surface area contributed by atoms with Crippen LogP contribution in [0.2, 0.25) is 0 Å². The highest BCUT2D eigenvalue weighted by Crippen LogP contribution is 2.39. The second kappa shape index (κ2) is 6.02. The molecule has 0 saturated heterocycles. The number of ether oxygens (including phenoxy) is 1. The summed E-state index contributed by atoms with van der Waals surface area (Å²) < 4.78 is 5.39. The van der Waals surface area contributed by atoms with Gasteiger partial charge in [-0.1, -0.05) is 6.08 Å². The molecule has 0 bridgehead atoms. The van der Waals surface area contributed by atoms with Crippen LogP contribution in [-0.4, -0.2) is 35.3 Å². The van der Waals surface area contributed by atoms with E-state index in [0.29, 0.717) is 0 Å². The van der Waals surface area contributed by atoms with Gasteiger partial charge in [0.2, 0.25) is 0 Å². The van der Waals surface area contributed by atoms with Crippen LogP contribution in [0.15, 0.2) is 11.6 Å². The zero-order valence-corrected chi connectivity index (χ0v) is 11.9. The Morgan fingerprint density at radius 2 is 1.89 bits per heavy atom. The Morgan fingerprint density at radius 3 is 2.32 bits per heavy atom. The maximum absolute atomic E-state index is 11.9. The molecule has 1 amide bonds. The van der Waals surface area contributed by atoms with Crippen LogP contribution in [-0.2, 0) is 14.3 Å². The quantitative estimate of drug-likeness (QED) is 0.684. The molecular weight excluding hydrogens is 246 g/mol. The Bertz CT molecular complexity index is 398. The average Bonchev–Trinajstić information content (AvgIpc) is 3.01. The lowest BCUT2D eigenvalue weighted by molar-refractivity contribution is -0.191. The second-order valence-electron chi connectivity index (χ2n) is 5.95. The van der Waals surface area contributed by atoms with Gasteiger partial charge in [0.1, 0.15) is 5.60 Å². The van der Waals surface area contributed by atoms with Gasteiger partial charge in [-0.05, 0) is 52.0 Å². The van der Waals surface area contributed by atoms with Crippen molar-refractivity contribution in [3.63, 3.8) is 0 Å². The van der Waals surface area contributed by atoms with E-state index in [1.165, 1.54) is 18.4 Å². The monoisotopic (exact) mass is 267 g/mol. The molecule has 2 rings (SSSR count). The summed E-state index contributed by atoms with van der Waals surface area (Å²) >= 11 is 0. The molecule has 1 aliphatic carbocycles. The van der Waals surface area contributed by atoms with Gasteiger partial charge in [0.15, 0.2) is 0 Å². The highest BCUT2D eigenvalue weighted by atomic mass is 16.6. The van der Waals surface area contributed by atoms with Gasteiger partial charge in [-0.25, -0.2) is 4.79 Å². The van der Waals surface area contributed by atoms with Gasteiger partial charge in [0.25, 0.3) is 0 Å². The van der Waals surface area contributed by atoms with Crippen LogP contribution in [0.1, 0.15) is 40.5 Å². The van der Waals surface area contributed by atoms with Gasteiger partial charge >= 0.3 is 12.2 Å². The summed E-state index contributed by atoms with van der Waals surface area (Å²) in [6.07, 6.45) is 4.87. The molecule has 19 heavy (non-hydrogen) atoms. The molecular formula is C14H21NO4. The van der Waals surface area contributed by atoms with Gasteiger partial charge < -0.3 is 4.74 Å². The third kappa shape index (κ3) is 4.87. The first-order valence-electron chi connectivity index (χ1n) is 6.48. The van der Waals surface area contributed by atoms with Crippen molar-refractivity contribution in [3.05, 3.63) is 11.6 Å². The standard InChI is InChI=1S/C13H21NO2.CO2/c1-9-7-11(10-5-6-10)8-14(9)12(15)16-13(2,3)4;2-1-3/h7,9-10H,5-6,8H2,1-4H3;/t9-;/m1./s1. The molecule has 2 aliphatic rings.